The third-order valence-corrected chi connectivity index (χ3v) is 8.48. The van der Waals surface area contributed by atoms with Gasteiger partial charge in [0.1, 0.15) is 5.00 Å². The van der Waals surface area contributed by atoms with Crippen LogP contribution in [-0.2, 0) is 12.8 Å². The molecule has 184 valence electrons. The van der Waals surface area contributed by atoms with Crippen LogP contribution in [0.3, 0.4) is 0 Å². The second kappa shape index (κ2) is 10.3. The Hall–Kier alpha value is -3.42. The molecule has 6 nitrogen and oxygen atoms in total. The van der Waals surface area contributed by atoms with Gasteiger partial charge in [-0.05, 0) is 67.1 Å². The summed E-state index contributed by atoms with van der Waals surface area (Å²) >= 11 is 1.74. The summed E-state index contributed by atoms with van der Waals surface area (Å²) < 4.78 is 5.39. The van der Waals surface area contributed by atoms with Gasteiger partial charge in [0.25, 0.3) is 5.91 Å². The van der Waals surface area contributed by atoms with Gasteiger partial charge in [-0.3, -0.25) is 14.7 Å². The molecule has 0 unspecified atom stereocenters. The zero-order chi connectivity index (χ0) is 24.3. The number of piperazine rings is 1. The molecule has 6 rings (SSSR count). The van der Waals surface area contributed by atoms with E-state index in [1.54, 1.807) is 29.7 Å². The number of aromatic nitrogens is 1. The van der Waals surface area contributed by atoms with Crippen molar-refractivity contribution in [3.8, 4) is 0 Å². The summed E-state index contributed by atoms with van der Waals surface area (Å²) in [5.41, 5.74) is 5.11. The van der Waals surface area contributed by atoms with Crippen molar-refractivity contribution in [1.29, 1.82) is 0 Å². The molecular weight excluding hydrogens is 468 g/mol. The number of carbonyl (C=O) groups excluding carboxylic acids is 1. The van der Waals surface area contributed by atoms with Crippen molar-refractivity contribution in [2.75, 3.05) is 36.4 Å². The first kappa shape index (κ1) is 23.0. The van der Waals surface area contributed by atoms with Crippen LogP contribution in [0, 0.1) is 0 Å². The van der Waals surface area contributed by atoms with Crippen LogP contribution in [0.25, 0.3) is 0 Å². The smallest absolute Gasteiger partial charge is 0.291 e. The maximum atomic E-state index is 13.0. The Labute approximate surface area is 215 Å². The minimum Gasteiger partial charge on any atom is -0.459 e. The number of nitrogens with zero attached hydrogens (tertiary/aromatic N) is 3. The van der Waals surface area contributed by atoms with Gasteiger partial charge in [-0.15, -0.1) is 11.3 Å². The van der Waals surface area contributed by atoms with Gasteiger partial charge < -0.3 is 14.6 Å². The Bertz CT molecular complexity index is 1300. The largest absolute Gasteiger partial charge is 0.459 e. The van der Waals surface area contributed by atoms with E-state index in [9.17, 15) is 4.79 Å². The number of furan rings is 1. The zero-order valence-corrected chi connectivity index (χ0v) is 21.0. The normalized spacial score (nSPS) is 16.9. The average molecular weight is 499 g/mol. The fourth-order valence-corrected chi connectivity index (χ4v) is 6.84. The molecule has 1 amide bonds. The first-order valence-electron chi connectivity index (χ1n) is 12.7. The van der Waals surface area contributed by atoms with E-state index < -0.39 is 0 Å². The first-order chi connectivity index (χ1) is 17.8. The van der Waals surface area contributed by atoms with Gasteiger partial charge in [0.15, 0.2) is 5.76 Å². The Kier molecular flexibility index (Phi) is 6.57. The second-order valence-corrected chi connectivity index (χ2v) is 10.5. The molecule has 3 aromatic heterocycles. The Morgan fingerprint density at radius 1 is 0.972 bits per heavy atom. The summed E-state index contributed by atoms with van der Waals surface area (Å²) in [6, 6.07) is 18.3. The lowest BCUT2D eigenvalue weighted by Crippen LogP contribution is -2.48. The number of carbonyl (C=O) groups is 1. The molecule has 1 N–H and O–H groups in total. The molecule has 0 saturated carbocycles. The van der Waals surface area contributed by atoms with E-state index in [4.69, 9.17) is 4.42 Å². The number of benzene rings is 1. The van der Waals surface area contributed by atoms with Crippen LogP contribution in [0.15, 0.2) is 77.7 Å². The van der Waals surface area contributed by atoms with E-state index in [2.05, 4.69) is 56.5 Å². The molecule has 1 atom stereocenters. The predicted molar refractivity (Wildman–Crippen MR) is 144 cm³/mol. The van der Waals surface area contributed by atoms with Crippen molar-refractivity contribution >= 4 is 27.9 Å². The highest BCUT2D eigenvalue weighted by molar-refractivity contribution is 7.16. The number of para-hydroxylation sites is 1. The van der Waals surface area contributed by atoms with E-state index in [1.165, 1.54) is 40.1 Å². The highest BCUT2D eigenvalue weighted by atomic mass is 32.1. The molecule has 1 aromatic carbocycles. The van der Waals surface area contributed by atoms with Crippen molar-refractivity contribution in [3.05, 3.63) is 101 Å². The van der Waals surface area contributed by atoms with Gasteiger partial charge in [-0.1, -0.05) is 24.3 Å². The number of pyridine rings is 1. The van der Waals surface area contributed by atoms with E-state index >= 15 is 0 Å². The SMILES string of the molecule is O=C(Nc1sc2c(c1[C@H](c1cccnc1)N1CCN(c3ccccc3)CC1)CCCC2)c1ccco1. The third kappa shape index (κ3) is 4.56. The molecule has 2 aliphatic rings. The standard InChI is InChI=1S/C29H30N4O2S/c34-28(24-12-7-19-35-24)31-29-26(23-11-4-5-13-25(23)36-29)27(21-8-6-14-30-20-21)33-17-15-32(16-18-33)22-9-2-1-3-10-22/h1-3,6-10,12,14,19-20,27H,4-5,11,13,15-18H2,(H,31,34)/t27-/m0/s1. The van der Waals surface area contributed by atoms with Gasteiger partial charge in [0, 0.05) is 54.7 Å². The molecule has 1 aliphatic heterocycles. The van der Waals surface area contributed by atoms with E-state index in [0.29, 0.717) is 5.76 Å². The van der Waals surface area contributed by atoms with Crippen molar-refractivity contribution in [1.82, 2.24) is 9.88 Å². The highest BCUT2D eigenvalue weighted by Crippen LogP contribution is 2.45. The number of thiophene rings is 1. The van der Waals surface area contributed by atoms with Gasteiger partial charge in [0.05, 0.1) is 12.3 Å². The number of aryl methyl sites for hydroxylation is 1. The van der Waals surface area contributed by atoms with Crippen molar-refractivity contribution < 1.29 is 9.21 Å². The summed E-state index contributed by atoms with van der Waals surface area (Å²) in [5.74, 6) is 0.139. The molecule has 4 aromatic rings. The quantitative estimate of drug-likeness (QED) is 0.365. The topological polar surface area (TPSA) is 61.6 Å². The third-order valence-electron chi connectivity index (χ3n) is 7.26. The van der Waals surface area contributed by atoms with Crippen LogP contribution < -0.4 is 10.2 Å². The van der Waals surface area contributed by atoms with Crippen LogP contribution >= 0.6 is 11.3 Å². The van der Waals surface area contributed by atoms with Crippen LogP contribution in [0.5, 0.6) is 0 Å². The van der Waals surface area contributed by atoms with Gasteiger partial charge >= 0.3 is 0 Å². The zero-order valence-electron chi connectivity index (χ0n) is 20.2. The Balaban J connectivity index is 1.36. The molecule has 0 spiro atoms. The summed E-state index contributed by atoms with van der Waals surface area (Å²) in [6.45, 7) is 3.79. The molecular formula is C29H30N4O2S. The summed E-state index contributed by atoms with van der Waals surface area (Å²) in [6.07, 6.45) is 9.87. The van der Waals surface area contributed by atoms with Crippen molar-refractivity contribution in [2.24, 2.45) is 0 Å². The van der Waals surface area contributed by atoms with Crippen molar-refractivity contribution in [2.45, 2.75) is 31.7 Å². The molecule has 0 bridgehead atoms. The van der Waals surface area contributed by atoms with Gasteiger partial charge in [0.2, 0.25) is 0 Å². The Morgan fingerprint density at radius 2 is 1.81 bits per heavy atom. The summed E-state index contributed by atoms with van der Waals surface area (Å²) in [7, 11) is 0. The number of amides is 1. The van der Waals surface area contributed by atoms with Crippen LogP contribution in [0.4, 0.5) is 10.7 Å². The number of nitrogens with one attached hydrogen (secondary N) is 1. The molecule has 1 aliphatic carbocycles. The lowest BCUT2D eigenvalue weighted by atomic mass is 9.89. The number of anilines is 2. The molecule has 36 heavy (non-hydrogen) atoms. The molecule has 4 heterocycles. The summed E-state index contributed by atoms with van der Waals surface area (Å²) in [4.78, 5) is 24.0. The number of hydrogen-bond donors (Lipinski definition) is 1. The minimum absolute atomic E-state index is 0.0432. The lowest BCUT2D eigenvalue weighted by molar-refractivity contribution is 0.0996. The maximum absolute atomic E-state index is 13.0. The number of rotatable bonds is 6. The van der Waals surface area contributed by atoms with Crippen molar-refractivity contribution in [3.63, 3.8) is 0 Å². The van der Waals surface area contributed by atoms with E-state index in [1.807, 2.05) is 18.5 Å². The summed E-state index contributed by atoms with van der Waals surface area (Å²) in [5, 5.41) is 4.17. The first-order valence-corrected chi connectivity index (χ1v) is 13.5. The predicted octanol–water partition coefficient (Wildman–Crippen LogP) is 5.78. The molecule has 0 radical (unpaired) electrons. The fraction of sp³-hybridized carbons (Fsp3) is 0.310. The monoisotopic (exact) mass is 498 g/mol. The second-order valence-electron chi connectivity index (χ2n) is 9.43. The number of fused-ring (bicyclic) bond motifs is 1. The number of hydrogen-bond acceptors (Lipinski definition) is 6. The average Bonchev–Trinajstić information content (AvgIpc) is 3.60. The van der Waals surface area contributed by atoms with Crippen LogP contribution in [-0.4, -0.2) is 42.0 Å². The van der Waals surface area contributed by atoms with E-state index in [0.717, 1.165) is 44.0 Å². The van der Waals surface area contributed by atoms with Gasteiger partial charge in [-0.2, -0.15) is 0 Å². The van der Waals surface area contributed by atoms with Gasteiger partial charge in [-0.25, -0.2) is 0 Å². The Morgan fingerprint density at radius 3 is 2.56 bits per heavy atom. The molecule has 1 saturated heterocycles. The van der Waals surface area contributed by atoms with Crippen LogP contribution in [0.1, 0.15) is 51.0 Å². The highest BCUT2D eigenvalue weighted by Gasteiger charge is 2.34. The minimum atomic E-state index is -0.196. The molecule has 7 heteroatoms. The molecule has 1 fully saturated rings. The van der Waals surface area contributed by atoms with Crippen LogP contribution in [0.2, 0.25) is 0 Å². The fourth-order valence-electron chi connectivity index (χ4n) is 5.52. The van der Waals surface area contributed by atoms with E-state index in [-0.39, 0.29) is 11.9 Å². The lowest BCUT2D eigenvalue weighted by Gasteiger charge is -2.41. The maximum Gasteiger partial charge on any atom is 0.291 e.